The van der Waals surface area contributed by atoms with E-state index in [4.69, 9.17) is 11.6 Å². The normalized spacial score (nSPS) is 13.5. The molecular formula is C20H17ClFN3OS2. The molecule has 1 aliphatic rings. The van der Waals surface area contributed by atoms with E-state index in [1.165, 1.54) is 11.3 Å². The van der Waals surface area contributed by atoms with E-state index >= 15 is 0 Å². The molecule has 1 fully saturated rings. The Labute approximate surface area is 175 Å². The van der Waals surface area contributed by atoms with Crippen molar-refractivity contribution in [2.45, 2.75) is 30.6 Å². The van der Waals surface area contributed by atoms with Crippen molar-refractivity contribution in [1.82, 2.24) is 9.97 Å². The van der Waals surface area contributed by atoms with Gasteiger partial charge in [-0.1, -0.05) is 18.5 Å². The number of aromatic nitrogens is 2. The van der Waals surface area contributed by atoms with Gasteiger partial charge in [-0.2, -0.15) is 0 Å². The van der Waals surface area contributed by atoms with E-state index in [-0.39, 0.29) is 5.91 Å². The summed E-state index contributed by atoms with van der Waals surface area (Å²) in [6.07, 6.45) is 4.47. The number of anilines is 1. The smallest absolute Gasteiger partial charge is 0.265 e. The molecule has 0 atom stereocenters. The molecule has 1 aromatic carbocycles. The highest BCUT2D eigenvalue weighted by molar-refractivity contribution is 7.99. The highest BCUT2D eigenvalue weighted by Crippen LogP contribution is 2.48. The van der Waals surface area contributed by atoms with Gasteiger partial charge in [0.15, 0.2) is 11.6 Å². The van der Waals surface area contributed by atoms with Crippen molar-refractivity contribution in [1.29, 1.82) is 0 Å². The number of carbonyl (C=O) groups excluding carboxylic acids is 1. The maximum absolute atomic E-state index is 13.2. The number of halogens is 2. The minimum Gasteiger partial charge on any atom is -0.321 e. The van der Waals surface area contributed by atoms with Crippen LogP contribution < -0.4 is 5.32 Å². The number of hydrogen-bond acceptors (Lipinski definition) is 5. The van der Waals surface area contributed by atoms with Crippen LogP contribution in [0.1, 0.15) is 40.2 Å². The van der Waals surface area contributed by atoms with E-state index in [0.717, 1.165) is 46.3 Å². The fourth-order valence-electron chi connectivity index (χ4n) is 2.87. The molecule has 0 saturated heterocycles. The van der Waals surface area contributed by atoms with E-state index < -0.39 is 5.82 Å². The monoisotopic (exact) mass is 433 g/mol. The van der Waals surface area contributed by atoms with Gasteiger partial charge in [0, 0.05) is 26.0 Å². The number of thiophene rings is 1. The van der Waals surface area contributed by atoms with Crippen molar-refractivity contribution in [3.63, 3.8) is 0 Å². The van der Waals surface area contributed by atoms with E-state index in [1.807, 2.05) is 12.1 Å². The van der Waals surface area contributed by atoms with Gasteiger partial charge < -0.3 is 5.32 Å². The Bertz CT molecular complexity index is 1020. The van der Waals surface area contributed by atoms with Gasteiger partial charge in [-0.3, -0.25) is 4.79 Å². The van der Waals surface area contributed by atoms with Gasteiger partial charge in [-0.25, -0.2) is 14.4 Å². The van der Waals surface area contributed by atoms with Crippen molar-refractivity contribution in [3.05, 3.63) is 57.3 Å². The summed E-state index contributed by atoms with van der Waals surface area (Å²) < 4.78 is 13.2. The first-order valence-corrected chi connectivity index (χ1v) is 11.1. The second-order valence-corrected chi connectivity index (χ2v) is 9.31. The van der Waals surface area contributed by atoms with Crippen LogP contribution >= 0.6 is 34.7 Å². The molecule has 28 heavy (non-hydrogen) atoms. The van der Waals surface area contributed by atoms with Crippen LogP contribution in [0.2, 0.25) is 5.02 Å². The second kappa shape index (κ2) is 8.19. The molecule has 144 valence electrons. The lowest BCUT2D eigenvalue weighted by Gasteiger charge is -2.07. The van der Waals surface area contributed by atoms with Crippen molar-refractivity contribution < 1.29 is 9.18 Å². The van der Waals surface area contributed by atoms with Gasteiger partial charge in [0.05, 0.1) is 17.3 Å². The zero-order valence-electron chi connectivity index (χ0n) is 15.0. The Hall–Kier alpha value is -1.96. The number of carbonyl (C=O) groups is 1. The molecule has 4 nitrogen and oxygen atoms in total. The summed E-state index contributed by atoms with van der Waals surface area (Å²) >= 11 is 9.29. The number of benzene rings is 1. The topological polar surface area (TPSA) is 54.9 Å². The fraction of sp³-hybridized carbons (Fsp3) is 0.250. The summed E-state index contributed by atoms with van der Waals surface area (Å²) in [5, 5.41) is 3.51. The molecule has 1 saturated carbocycles. The van der Waals surface area contributed by atoms with Crippen LogP contribution in [0.15, 0.2) is 41.6 Å². The van der Waals surface area contributed by atoms with Gasteiger partial charge in [0.25, 0.3) is 5.91 Å². The van der Waals surface area contributed by atoms with E-state index in [0.29, 0.717) is 27.3 Å². The van der Waals surface area contributed by atoms with Crippen LogP contribution in [0.3, 0.4) is 0 Å². The molecule has 0 aliphatic heterocycles. The molecule has 0 spiro atoms. The summed E-state index contributed by atoms with van der Waals surface area (Å²) in [6, 6.07) is 7.33. The van der Waals surface area contributed by atoms with Gasteiger partial charge in [0.1, 0.15) is 0 Å². The highest BCUT2D eigenvalue weighted by atomic mass is 35.5. The molecule has 0 radical (unpaired) electrons. The number of rotatable bonds is 6. The maximum atomic E-state index is 13.2. The summed E-state index contributed by atoms with van der Waals surface area (Å²) in [5.41, 5.74) is 1.47. The summed E-state index contributed by atoms with van der Waals surface area (Å²) in [5.74, 6) is 1.11. The molecule has 1 aliphatic carbocycles. The van der Waals surface area contributed by atoms with Crippen LogP contribution in [-0.2, 0) is 0 Å². The number of hydrogen-bond donors (Lipinski definition) is 1. The minimum atomic E-state index is -0.480. The van der Waals surface area contributed by atoms with Crippen LogP contribution in [0.25, 0.3) is 11.4 Å². The largest absolute Gasteiger partial charge is 0.321 e. The van der Waals surface area contributed by atoms with E-state index in [2.05, 4.69) is 22.2 Å². The van der Waals surface area contributed by atoms with Crippen LogP contribution in [0, 0.1) is 5.82 Å². The molecule has 2 aromatic heterocycles. The Balaban J connectivity index is 1.61. The zero-order valence-corrected chi connectivity index (χ0v) is 17.4. The molecule has 8 heteroatoms. The van der Waals surface area contributed by atoms with Gasteiger partial charge in [-0.05, 0) is 48.8 Å². The van der Waals surface area contributed by atoms with Crippen LogP contribution in [-0.4, -0.2) is 21.6 Å². The number of nitrogens with zero attached hydrogens (tertiary/aromatic N) is 2. The third-order valence-electron chi connectivity index (χ3n) is 4.23. The third kappa shape index (κ3) is 4.37. The molecule has 4 rings (SSSR count). The molecule has 3 aromatic rings. The lowest BCUT2D eigenvalue weighted by Crippen LogP contribution is -2.10. The number of nitrogens with one attached hydrogen (secondary N) is 1. The average molecular weight is 434 g/mol. The quantitative estimate of drug-likeness (QED) is 0.467. The van der Waals surface area contributed by atoms with Crippen LogP contribution in [0.5, 0.6) is 0 Å². The third-order valence-corrected chi connectivity index (χ3v) is 6.61. The van der Waals surface area contributed by atoms with Crippen LogP contribution in [0.4, 0.5) is 10.1 Å². The van der Waals surface area contributed by atoms with Gasteiger partial charge in [0.2, 0.25) is 0 Å². The first kappa shape index (κ1) is 19.4. The predicted octanol–water partition coefficient (Wildman–Crippen LogP) is 6.24. The first-order chi connectivity index (χ1) is 13.5. The van der Waals surface area contributed by atoms with Gasteiger partial charge >= 0.3 is 0 Å². The zero-order chi connectivity index (χ0) is 19.7. The predicted molar refractivity (Wildman–Crippen MR) is 113 cm³/mol. The molecule has 0 bridgehead atoms. The lowest BCUT2D eigenvalue weighted by atomic mass is 10.1. The standard InChI is InChI=1S/C20H17ClFN3OS2/c1-2-27-15-6-12(21)5-14(7-15)25-20(26)17-8-16(18(28-17)11-3-4-11)19-23-9-13(22)10-24-19/h5-11H,2-4H2,1H3,(H,25,26). The number of thioether (sulfide) groups is 1. The highest BCUT2D eigenvalue weighted by Gasteiger charge is 2.30. The van der Waals surface area contributed by atoms with Gasteiger partial charge in [-0.15, -0.1) is 23.1 Å². The minimum absolute atomic E-state index is 0.199. The Kier molecular flexibility index (Phi) is 5.66. The Morgan fingerprint density at radius 2 is 2.04 bits per heavy atom. The van der Waals surface area contributed by atoms with E-state index in [9.17, 15) is 9.18 Å². The van der Waals surface area contributed by atoms with Crippen molar-refractivity contribution in [2.24, 2.45) is 0 Å². The molecule has 0 unspecified atom stereocenters. The SMILES string of the molecule is CCSc1cc(Cl)cc(NC(=O)c2cc(-c3ncc(F)cn3)c(C3CC3)s2)c1. The molecule has 1 amide bonds. The second-order valence-electron chi connectivity index (χ2n) is 6.45. The lowest BCUT2D eigenvalue weighted by molar-refractivity contribution is 0.103. The Morgan fingerprint density at radius 3 is 2.71 bits per heavy atom. The Morgan fingerprint density at radius 1 is 1.29 bits per heavy atom. The molecular weight excluding hydrogens is 417 g/mol. The number of amides is 1. The molecule has 2 heterocycles. The summed E-state index contributed by atoms with van der Waals surface area (Å²) in [6.45, 7) is 2.06. The fourth-order valence-corrected chi connectivity index (χ4v) is 5.14. The van der Waals surface area contributed by atoms with Crippen molar-refractivity contribution >= 4 is 46.3 Å². The summed E-state index contributed by atoms with van der Waals surface area (Å²) in [7, 11) is 0. The average Bonchev–Trinajstić information content (AvgIpc) is 3.40. The maximum Gasteiger partial charge on any atom is 0.265 e. The van der Waals surface area contributed by atoms with E-state index in [1.54, 1.807) is 23.9 Å². The summed E-state index contributed by atoms with van der Waals surface area (Å²) in [4.78, 5) is 23.7. The first-order valence-electron chi connectivity index (χ1n) is 8.90. The van der Waals surface area contributed by atoms with Crippen molar-refractivity contribution in [3.8, 4) is 11.4 Å². The van der Waals surface area contributed by atoms with Crippen molar-refractivity contribution in [2.75, 3.05) is 11.1 Å². The molecule has 1 N–H and O–H groups in total.